The topological polar surface area (TPSA) is 56.8 Å². The lowest BCUT2D eigenvalue weighted by atomic mass is 9.99. The van der Waals surface area contributed by atoms with Gasteiger partial charge in [-0.2, -0.15) is 0 Å². The number of aromatic nitrogens is 1. The lowest BCUT2D eigenvalue weighted by molar-refractivity contribution is -0.132. The van der Waals surface area contributed by atoms with Gasteiger partial charge in [0.05, 0.1) is 17.9 Å². The molecule has 37 heavy (non-hydrogen) atoms. The quantitative estimate of drug-likeness (QED) is 0.506. The van der Waals surface area contributed by atoms with Crippen molar-refractivity contribution in [2.75, 3.05) is 32.1 Å². The van der Waals surface area contributed by atoms with Crippen LogP contribution in [0, 0.1) is 11.7 Å². The molecule has 0 unspecified atom stereocenters. The highest BCUT2D eigenvalue weighted by atomic mass is 19.1. The second kappa shape index (κ2) is 11.2. The third-order valence-corrected chi connectivity index (χ3v) is 8.97. The number of pyridine rings is 1. The molecule has 2 fully saturated rings. The van der Waals surface area contributed by atoms with E-state index < -0.39 is 0 Å². The van der Waals surface area contributed by atoms with Crippen molar-refractivity contribution in [1.29, 1.82) is 0 Å². The van der Waals surface area contributed by atoms with E-state index in [4.69, 9.17) is 0 Å². The molecule has 2 aliphatic carbocycles. The van der Waals surface area contributed by atoms with E-state index in [0.717, 1.165) is 37.7 Å². The molecule has 1 aromatic heterocycles. The SMILES string of the molecule is CN(C(=O)c1ccc2c(c1)[C@H](N(C)C(=O)CCC1CCCC1)CC2)C1CCN(c2ccncc2F)CC1. The highest BCUT2D eigenvalue weighted by Crippen LogP contribution is 2.37. The second-order valence-corrected chi connectivity index (χ2v) is 11.1. The predicted octanol–water partition coefficient (Wildman–Crippen LogP) is 5.38. The smallest absolute Gasteiger partial charge is 0.253 e. The summed E-state index contributed by atoms with van der Waals surface area (Å²) in [5, 5.41) is 0. The summed E-state index contributed by atoms with van der Waals surface area (Å²) in [6, 6.07) is 7.89. The molecule has 2 amide bonds. The van der Waals surface area contributed by atoms with Crippen LogP contribution in [0.1, 0.15) is 85.3 Å². The summed E-state index contributed by atoms with van der Waals surface area (Å²) in [6.45, 7) is 1.40. The fraction of sp³-hybridized carbons (Fsp3) is 0.567. The van der Waals surface area contributed by atoms with Gasteiger partial charge in [0.15, 0.2) is 5.82 Å². The van der Waals surface area contributed by atoms with Crippen LogP contribution in [0.25, 0.3) is 0 Å². The average Bonchev–Trinajstić information content (AvgIpc) is 3.60. The molecule has 1 saturated carbocycles. The van der Waals surface area contributed by atoms with Crippen LogP contribution in [0.4, 0.5) is 10.1 Å². The lowest BCUT2D eigenvalue weighted by Gasteiger charge is -2.38. The number of carbonyl (C=O) groups excluding carboxylic acids is 2. The van der Waals surface area contributed by atoms with Crippen LogP contribution in [0.5, 0.6) is 0 Å². The first-order valence-corrected chi connectivity index (χ1v) is 13.9. The molecule has 1 saturated heterocycles. The third-order valence-electron chi connectivity index (χ3n) is 8.97. The number of anilines is 1. The number of hydrogen-bond acceptors (Lipinski definition) is 4. The van der Waals surface area contributed by atoms with Crippen molar-refractivity contribution in [3.8, 4) is 0 Å². The van der Waals surface area contributed by atoms with Gasteiger partial charge in [-0.1, -0.05) is 31.7 Å². The van der Waals surface area contributed by atoms with E-state index >= 15 is 0 Å². The van der Waals surface area contributed by atoms with Crippen LogP contribution in [-0.4, -0.2) is 59.8 Å². The number of carbonyl (C=O) groups is 2. The molecule has 7 heteroatoms. The molecule has 1 aliphatic heterocycles. The molecule has 1 aromatic carbocycles. The van der Waals surface area contributed by atoms with Crippen molar-refractivity contribution in [1.82, 2.24) is 14.8 Å². The Morgan fingerprint density at radius 3 is 2.51 bits per heavy atom. The molecule has 0 spiro atoms. The first-order valence-electron chi connectivity index (χ1n) is 13.9. The van der Waals surface area contributed by atoms with E-state index in [1.54, 1.807) is 12.3 Å². The van der Waals surface area contributed by atoms with E-state index in [1.807, 2.05) is 40.9 Å². The summed E-state index contributed by atoms with van der Waals surface area (Å²) in [5.41, 5.74) is 3.63. The maximum absolute atomic E-state index is 14.1. The van der Waals surface area contributed by atoms with Crippen molar-refractivity contribution >= 4 is 17.5 Å². The van der Waals surface area contributed by atoms with Crippen LogP contribution in [0.2, 0.25) is 0 Å². The highest BCUT2D eigenvalue weighted by molar-refractivity contribution is 5.94. The number of piperidine rings is 1. The first-order chi connectivity index (χ1) is 17.9. The zero-order valence-corrected chi connectivity index (χ0v) is 22.2. The van der Waals surface area contributed by atoms with Gasteiger partial charge in [-0.25, -0.2) is 4.39 Å². The zero-order chi connectivity index (χ0) is 25.9. The van der Waals surface area contributed by atoms with E-state index in [0.29, 0.717) is 36.7 Å². The van der Waals surface area contributed by atoms with Gasteiger partial charge in [0.25, 0.3) is 5.91 Å². The molecule has 1 atom stereocenters. The second-order valence-electron chi connectivity index (χ2n) is 11.1. The normalized spacial score (nSPS) is 20.2. The van der Waals surface area contributed by atoms with E-state index in [9.17, 15) is 14.0 Å². The molecule has 0 radical (unpaired) electrons. The predicted molar refractivity (Wildman–Crippen MR) is 143 cm³/mol. The van der Waals surface area contributed by atoms with Crippen LogP contribution in [-0.2, 0) is 11.2 Å². The summed E-state index contributed by atoms with van der Waals surface area (Å²) < 4.78 is 14.1. The zero-order valence-electron chi connectivity index (χ0n) is 22.2. The molecular formula is C30H39FN4O2. The van der Waals surface area contributed by atoms with Gasteiger partial charge in [-0.15, -0.1) is 0 Å². The number of aryl methyl sites for hydroxylation is 1. The molecule has 6 nitrogen and oxygen atoms in total. The van der Waals surface area contributed by atoms with Gasteiger partial charge in [0.1, 0.15) is 0 Å². The number of nitrogens with zero attached hydrogens (tertiary/aromatic N) is 4. The molecule has 0 N–H and O–H groups in total. The minimum Gasteiger partial charge on any atom is -0.369 e. The van der Waals surface area contributed by atoms with Gasteiger partial charge >= 0.3 is 0 Å². The van der Waals surface area contributed by atoms with Crippen molar-refractivity contribution in [3.63, 3.8) is 0 Å². The van der Waals surface area contributed by atoms with Crippen LogP contribution in [0.15, 0.2) is 36.7 Å². The number of benzene rings is 1. The molecule has 2 aromatic rings. The summed E-state index contributed by atoms with van der Waals surface area (Å²) in [5.74, 6) is 0.636. The Morgan fingerprint density at radius 1 is 1.03 bits per heavy atom. The fourth-order valence-corrected chi connectivity index (χ4v) is 6.58. The third kappa shape index (κ3) is 5.51. The maximum atomic E-state index is 14.1. The summed E-state index contributed by atoms with van der Waals surface area (Å²) >= 11 is 0. The largest absolute Gasteiger partial charge is 0.369 e. The molecule has 5 rings (SSSR count). The van der Waals surface area contributed by atoms with Crippen molar-refractivity contribution < 1.29 is 14.0 Å². The Balaban J connectivity index is 1.21. The maximum Gasteiger partial charge on any atom is 0.253 e. The number of hydrogen-bond donors (Lipinski definition) is 0. The summed E-state index contributed by atoms with van der Waals surface area (Å²) in [4.78, 5) is 36.1. The Bertz CT molecular complexity index is 1120. The van der Waals surface area contributed by atoms with Gasteiger partial charge in [-0.3, -0.25) is 14.6 Å². The molecular weight excluding hydrogens is 467 g/mol. The Hall–Kier alpha value is -2.96. The molecule has 3 aliphatic rings. The monoisotopic (exact) mass is 506 g/mol. The first kappa shape index (κ1) is 25.7. The van der Waals surface area contributed by atoms with Crippen molar-refractivity contribution in [3.05, 3.63) is 59.2 Å². The molecule has 198 valence electrons. The van der Waals surface area contributed by atoms with Crippen LogP contribution in [0.3, 0.4) is 0 Å². The number of halogens is 1. The standard InChI is InChI=1S/C30H39FN4O2/c1-33(24-14-17-35(18-15-24)28-13-16-32-20-26(28)31)30(37)23-9-8-22-10-11-27(25(22)19-23)34(2)29(36)12-7-21-5-3-4-6-21/h8-9,13,16,19-21,24,27H,3-7,10-12,14-15,17-18H2,1-2H3/t27-/m1/s1. The minimum absolute atomic E-state index is 0.0113. The number of amides is 2. The van der Waals surface area contributed by atoms with E-state index in [-0.39, 0.29) is 29.7 Å². The summed E-state index contributed by atoms with van der Waals surface area (Å²) in [6.07, 6.45) is 13.1. The highest BCUT2D eigenvalue weighted by Gasteiger charge is 2.32. The molecule has 0 bridgehead atoms. The van der Waals surface area contributed by atoms with Gasteiger partial charge in [0, 0.05) is 51.4 Å². The van der Waals surface area contributed by atoms with Crippen LogP contribution >= 0.6 is 0 Å². The number of rotatable bonds is 7. The summed E-state index contributed by atoms with van der Waals surface area (Å²) in [7, 11) is 3.80. The van der Waals surface area contributed by atoms with E-state index in [2.05, 4.69) is 11.1 Å². The van der Waals surface area contributed by atoms with Crippen LogP contribution < -0.4 is 4.90 Å². The fourth-order valence-electron chi connectivity index (χ4n) is 6.58. The van der Waals surface area contributed by atoms with Gasteiger partial charge < -0.3 is 14.7 Å². The minimum atomic E-state index is -0.305. The lowest BCUT2D eigenvalue weighted by Crippen LogP contribution is -2.46. The number of fused-ring (bicyclic) bond motifs is 1. The molecule has 2 heterocycles. The average molecular weight is 507 g/mol. The van der Waals surface area contributed by atoms with E-state index in [1.165, 1.54) is 37.4 Å². The Morgan fingerprint density at radius 2 is 1.78 bits per heavy atom. The van der Waals surface area contributed by atoms with Crippen molar-refractivity contribution in [2.45, 2.75) is 76.3 Å². The van der Waals surface area contributed by atoms with Gasteiger partial charge in [0.2, 0.25) is 5.91 Å². The Kier molecular flexibility index (Phi) is 7.77. The van der Waals surface area contributed by atoms with Gasteiger partial charge in [-0.05, 0) is 67.3 Å². The Labute approximate surface area is 219 Å². The van der Waals surface area contributed by atoms with Crippen molar-refractivity contribution in [2.24, 2.45) is 5.92 Å².